The molecule has 0 bridgehead atoms. The zero-order valence-electron chi connectivity index (χ0n) is 19.2. The Morgan fingerprint density at radius 3 is 1.97 bits per heavy atom. The van der Waals surface area contributed by atoms with Crippen LogP contribution in [0.25, 0.3) is 0 Å². The van der Waals surface area contributed by atoms with Gasteiger partial charge in [0.25, 0.3) is 0 Å². The molecule has 176 valence electrons. The molecule has 0 aromatic heterocycles. The summed E-state index contributed by atoms with van der Waals surface area (Å²) >= 11 is 0. The van der Waals surface area contributed by atoms with Gasteiger partial charge in [0.2, 0.25) is 0 Å². The molecule has 0 rings (SSSR count). The number of unbranched alkanes of at least 4 members (excludes halogenated alkanes) is 5. The third kappa shape index (κ3) is 21.2. The fraction of sp³-hybridized carbons (Fsp3) is 0.870. The lowest BCUT2D eigenvalue weighted by Gasteiger charge is -2.13. The Balaban J connectivity index is 3.40. The Morgan fingerprint density at radius 1 is 0.700 bits per heavy atom. The van der Waals surface area contributed by atoms with Crippen molar-refractivity contribution < 1.29 is 33.3 Å². The van der Waals surface area contributed by atoms with Gasteiger partial charge in [0.05, 0.1) is 25.9 Å². The fourth-order valence-electron chi connectivity index (χ4n) is 2.67. The maximum Gasteiger partial charge on any atom is 0.305 e. The van der Waals surface area contributed by atoms with Gasteiger partial charge in [-0.2, -0.15) is 0 Å². The summed E-state index contributed by atoms with van der Waals surface area (Å²) in [7, 11) is 0. The average molecular weight is 431 g/mol. The second kappa shape index (κ2) is 20.8. The van der Waals surface area contributed by atoms with Gasteiger partial charge in [-0.15, -0.1) is 0 Å². The summed E-state index contributed by atoms with van der Waals surface area (Å²) in [5.74, 6) is -0.186. The van der Waals surface area contributed by atoms with Gasteiger partial charge in [0.1, 0.15) is 12.4 Å². The van der Waals surface area contributed by atoms with Crippen LogP contribution in [0.1, 0.15) is 91.4 Å². The van der Waals surface area contributed by atoms with Gasteiger partial charge in [-0.1, -0.05) is 26.2 Å². The second-order valence-electron chi connectivity index (χ2n) is 7.62. The highest BCUT2D eigenvalue weighted by Gasteiger charge is 2.06. The maximum atomic E-state index is 11.6. The van der Waals surface area contributed by atoms with Gasteiger partial charge in [-0.3, -0.25) is 9.59 Å². The molecule has 0 N–H and O–H groups in total. The van der Waals surface area contributed by atoms with E-state index in [0.717, 1.165) is 38.5 Å². The summed E-state index contributed by atoms with van der Waals surface area (Å²) in [5, 5.41) is 0. The molecule has 1 atom stereocenters. The summed E-state index contributed by atoms with van der Waals surface area (Å²) in [4.78, 5) is 33.9. The summed E-state index contributed by atoms with van der Waals surface area (Å²) in [6.45, 7) is 7.68. The molecule has 1 unspecified atom stereocenters. The molecular weight excluding hydrogens is 388 g/mol. The lowest BCUT2D eigenvalue weighted by Crippen LogP contribution is -2.19. The van der Waals surface area contributed by atoms with Crippen molar-refractivity contribution in [2.75, 3.05) is 33.0 Å². The van der Waals surface area contributed by atoms with Crippen molar-refractivity contribution in [1.82, 2.24) is 0 Å². The van der Waals surface area contributed by atoms with E-state index in [1.807, 2.05) is 6.92 Å². The molecule has 0 amide bonds. The van der Waals surface area contributed by atoms with E-state index in [9.17, 15) is 14.4 Å². The molecule has 0 spiro atoms. The van der Waals surface area contributed by atoms with Crippen LogP contribution in [0, 0.1) is 0 Å². The lowest BCUT2D eigenvalue weighted by atomic mass is 10.1. The van der Waals surface area contributed by atoms with Crippen LogP contribution in [0.15, 0.2) is 0 Å². The molecule has 0 saturated heterocycles. The highest BCUT2D eigenvalue weighted by Crippen LogP contribution is 2.04. The van der Waals surface area contributed by atoms with Crippen molar-refractivity contribution in [2.45, 2.75) is 97.5 Å². The third-order valence-electron chi connectivity index (χ3n) is 4.44. The van der Waals surface area contributed by atoms with Crippen LogP contribution in [-0.4, -0.2) is 56.9 Å². The Labute approximate surface area is 182 Å². The van der Waals surface area contributed by atoms with Gasteiger partial charge in [0.15, 0.2) is 0 Å². The SMILES string of the molecule is CCCCCC(=O)OCCCCC(=O)OCCOCC(C)OCCCCCC(C)=O. The number of ether oxygens (including phenoxy) is 4. The molecule has 7 nitrogen and oxygen atoms in total. The van der Waals surface area contributed by atoms with Crippen LogP contribution >= 0.6 is 0 Å². The van der Waals surface area contributed by atoms with Gasteiger partial charge in [-0.25, -0.2) is 0 Å². The first-order valence-corrected chi connectivity index (χ1v) is 11.5. The maximum absolute atomic E-state index is 11.6. The Hall–Kier alpha value is -1.47. The van der Waals surface area contributed by atoms with E-state index in [-0.39, 0.29) is 30.4 Å². The zero-order chi connectivity index (χ0) is 22.5. The topological polar surface area (TPSA) is 88.1 Å². The minimum Gasteiger partial charge on any atom is -0.466 e. The van der Waals surface area contributed by atoms with E-state index in [4.69, 9.17) is 18.9 Å². The predicted octanol–water partition coefficient (Wildman–Crippen LogP) is 4.39. The monoisotopic (exact) mass is 430 g/mol. The number of Topliss-reactive ketones (excluding diaryl/α,β-unsaturated/α-hetero) is 1. The van der Waals surface area contributed by atoms with Crippen LogP contribution < -0.4 is 0 Å². The summed E-state index contributed by atoms with van der Waals surface area (Å²) in [6, 6.07) is 0. The van der Waals surface area contributed by atoms with Gasteiger partial charge < -0.3 is 23.7 Å². The normalized spacial score (nSPS) is 11.8. The number of esters is 2. The van der Waals surface area contributed by atoms with E-state index in [2.05, 4.69) is 6.92 Å². The Bertz CT molecular complexity index is 451. The molecule has 7 heteroatoms. The predicted molar refractivity (Wildman–Crippen MR) is 115 cm³/mol. The Morgan fingerprint density at radius 2 is 1.30 bits per heavy atom. The average Bonchev–Trinajstić information content (AvgIpc) is 2.70. The van der Waals surface area contributed by atoms with Gasteiger partial charge in [-0.05, 0) is 46.0 Å². The van der Waals surface area contributed by atoms with Crippen LogP contribution in [0.3, 0.4) is 0 Å². The lowest BCUT2D eigenvalue weighted by molar-refractivity contribution is -0.145. The molecule has 0 heterocycles. The number of rotatable bonds is 21. The standard InChI is InChI=1S/C23H42O7/c1-4-5-7-13-22(25)29-16-11-9-14-23(26)30-18-17-27-19-21(3)28-15-10-6-8-12-20(2)24/h21H,4-19H2,1-3H3. The fourth-order valence-corrected chi connectivity index (χ4v) is 2.67. The molecule has 0 aromatic rings. The minimum absolute atomic E-state index is 0.0156. The quantitative estimate of drug-likeness (QED) is 0.197. The second-order valence-corrected chi connectivity index (χ2v) is 7.62. The number of carbonyl (C=O) groups excluding carboxylic acids is 3. The number of hydrogen-bond donors (Lipinski definition) is 0. The Kier molecular flexibility index (Phi) is 19.8. The molecule has 0 radical (unpaired) electrons. The first-order valence-electron chi connectivity index (χ1n) is 11.5. The zero-order valence-corrected chi connectivity index (χ0v) is 19.2. The summed E-state index contributed by atoms with van der Waals surface area (Å²) < 4.78 is 21.4. The molecule has 0 fully saturated rings. The van der Waals surface area contributed by atoms with Gasteiger partial charge in [0, 0.05) is 25.9 Å². The van der Waals surface area contributed by atoms with E-state index in [1.54, 1.807) is 6.92 Å². The third-order valence-corrected chi connectivity index (χ3v) is 4.44. The van der Waals surface area contributed by atoms with Crippen molar-refractivity contribution in [1.29, 1.82) is 0 Å². The highest BCUT2D eigenvalue weighted by atomic mass is 16.6. The first-order chi connectivity index (χ1) is 14.5. The summed E-state index contributed by atoms with van der Waals surface area (Å²) in [6.07, 6.45) is 8.55. The molecule has 0 saturated carbocycles. The molecule has 30 heavy (non-hydrogen) atoms. The smallest absolute Gasteiger partial charge is 0.305 e. The van der Waals surface area contributed by atoms with Crippen molar-refractivity contribution in [3.05, 3.63) is 0 Å². The molecular formula is C23H42O7. The first kappa shape index (κ1) is 28.5. The number of ketones is 1. The van der Waals surface area contributed by atoms with E-state index in [0.29, 0.717) is 58.5 Å². The largest absolute Gasteiger partial charge is 0.466 e. The van der Waals surface area contributed by atoms with Crippen LogP contribution in [0.5, 0.6) is 0 Å². The van der Waals surface area contributed by atoms with Crippen molar-refractivity contribution in [2.24, 2.45) is 0 Å². The highest BCUT2D eigenvalue weighted by molar-refractivity contribution is 5.75. The van der Waals surface area contributed by atoms with E-state index >= 15 is 0 Å². The molecule has 0 aliphatic rings. The van der Waals surface area contributed by atoms with Gasteiger partial charge >= 0.3 is 11.9 Å². The van der Waals surface area contributed by atoms with Crippen LogP contribution in [0.2, 0.25) is 0 Å². The number of carbonyl (C=O) groups is 3. The van der Waals surface area contributed by atoms with Crippen molar-refractivity contribution in [3.63, 3.8) is 0 Å². The van der Waals surface area contributed by atoms with Crippen LogP contribution in [0.4, 0.5) is 0 Å². The molecule has 0 aromatic carbocycles. The number of hydrogen-bond acceptors (Lipinski definition) is 7. The molecule has 0 aliphatic heterocycles. The van der Waals surface area contributed by atoms with E-state index in [1.165, 1.54) is 0 Å². The van der Waals surface area contributed by atoms with Crippen molar-refractivity contribution in [3.8, 4) is 0 Å². The summed E-state index contributed by atoms with van der Waals surface area (Å²) in [5.41, 5.74) is 0. The van der Waals surface area contributed by atoms with Crippen molar-refractivity contribution >= 4 is 17.7 Å². The molecule has 0 aliphatic carbocycles. The van der Waals surface area contributed by atoms with E-state index < -0.39 is 0 Å². The van der Waals surface area contributed by atoms with Crippen LogP contribution in [-0.2, 0) is 33.3 Å². The minimum atomic E-state index is -0.261.